The molecule has 0 atom stereocenters. The molecule has 7 nitrogen and oxygen atoms in total. The van der Waals surface area contributed by atoms with Crippen LogP contribution in [0.4, 0.5) is 18.9 Å². The smallest absolute Gasteiger partial charge is 0.322 e. The lowest BCUT2D eigenvalue weighted by Crippen LogP contribution is -2.44. The summed E-state index contributed by atoms with van der Waals surface area (Å²) in [5, 5.41) is 2.62. The monoisotopic (exact) mass is 532 g/mol. The van der Waals surface area contributed by atoms with Crippen LogP contribution in [0.15, 0.2) is 61.2 Å². The highest BCUT2D eigenvalue weighted by atomic mass is 19.4. The molecule has 0 radical (unpaired) electrons. The largest absolute Gasteiger partial charge is 0.416 e. The Morgan fingerprint density at radius 1 is 1.05 bits per heavy atom. The van der Waals surface area contributed by atoms with E-state index in [4.69, 9.17) is 0 Å². The number of hydrogen-bond donors (Lipinski definition) is 1. The van der Waals surface area contributed by atoms with Gasteiger partial charge in [-0.05, 0) is 55.3 Å². The number of benzene rings is 2. The van der Waals surface area contributed by atoms with Gasteiger partial charge in [0.1, 0.15) is 5.69 Å². The predicted octanol–water partition coefficient (Wildman–Crippen LogP) is 4.46. The lowest BCUT2D eigenvalue weighted by Gasteiger charge is -2.33. The standard InChI is InChI=1S/C29H27F3N6O/c1-20-3-4-22(15-21(20)6-8-25-17-34-27-18-33-9-10-38(25)27)28(39)35-24-7-5-23(26(16-24)29(30,31)32)19-37-13-11-36(2)12-14-37/h3-5,7,9-10,15-18H,11-14,19H2,1-2H3,(H,35,39). The summed E-state index contributed by atoms with van der Waals surface area (Å²) in [6, 6.07) is 9.01. The number of carbonyl (C=O) groups excluding carboxylic acids is 1. The summed E-state index contributed by atoms with van der Waals surface area (Å²) in [5.74, 6) is 5.63. The van der Waals surface area contributed by atoms with Crippen molar-refractivity contribution in [2.45, 2.75) is 19.6 Å². The van der Waals surface area contributed by atoms with Crippen molar-refractivity contribution in [2.24, 2.45) is 0 Å². The van der Waals surface area contributed by atoms with Gasteiger partial charge in [-0.1, -0.05) is 18.1 Å². The van der Waals surface area contributed by atoms with Crippen molar-refractivity contribution in [1.82, 2.24) is 24.2 Å². The van der Waals surface area contributed by atoms with Crippen molar-refractivity contribution >= 4 is 17.2 Å². The first-order valence-corrected chi connectivity index (χ1v) is 12.5. The number of carbonyl (C=O) groups is 1. The molecule has 1 N–H and O–H groups in total. The van der Waals surface area contributed by atoms with E-state index in [-0.39, 0.29) is 17.8 Å². The molecule has 200 valence electrons. The minimum Gasteiger partial charge on any atom is -0.322 e. The summed E-state index contributed by atoms with van der Waals surface area (Å²) in [7, 11) is 2.00. The molecular formula is C29H27F3N6O. The second-order valence-electron chi connectivity index (χ2n) is 9.63. The number of aryl methyl sites for hydroxylation is 1. The maximum absolute atomic E-state index is 13.9. The van der Waals surface area contributed by atoms with Gasteiger partial charge in [-0.15, -0.1) is 0 Å². The highest BCUT2D eigenvalue weighted by Crippen LogP contribution is 2.34. The van der Waals surface area contributed by atoms with Crippen molar-refractivity contribution in [3.8, 4) is 11.8 Å². The molecule has 0 saturated carbocycles. The highest BCUT2D eigenvalue weighted by Gasteiger charge is 2.34. The molecule has 2 aromatic carbocycles. The number of fused-ring (bicyclic) bond motifs is 1. The number of alkyl halides is 3. The fourth-order valence-corrected chi connectivity index (χ4v) is 4.47. The van der Waals surface area contributed by atoms with Crippen LogP contribution in [0.3, 0.4) is 0 Å². The van der Waals surface area contributed by atoms with E-state index in [9.17, 15) is 18.0 Å². The zero-order chi connectivity index (χ0) is 27.6. The third kappa shape index (κ3) is 6.11. The third-order valence-electron chi connectivity index (χ3n) is 6.81. The molecule has 1 fully saturated rings. The molecule has 5 rings (SSSR count). The van der Waals surface area contributed by atoms with Crippen LogP contribution in [0.5, 0.6) is 0 Å². The quantitative estimate of drug-likeness (QED) is 0.394. The average molecular weight is 533 g/mol. The molecule has 3 heterocycles. The molecule has 0 spiro atoms. The number of imidazole rings is 1. The summed E-state index contributed by atoms with van der Waals surface area (Å²) >= 11 is 0. The van der Waals surface area contributed by atoms with E-state index in [0.717, 1.165) is 24.7 Å². The second kappa shape index (κ2) is 10.9. The molecule has 1 aliphatic rings. The predicted molar refractivity (Wildman–Crippen MR) is 142 cm³/mol. The number of nitrogens with zero attached hydrogens (tertiary/aromatic N) is 5. The maximum Gasteiger partial charge on any atom is 0.416 e. The van der Waals surface area contributed by atoms with Crippen molar-refractivity contribution in [1.29, 1.82) is 0 Å². The number of amides is 1. The number of hydrogen-bond acceptors (Lipinski definition) is 5. The van der Waals surface area contributed by atoms with Crippen LogP contribution in [-0.4, -0.2) is 63.3 Å². The van der Waals surface area contributed by atoms with Crippen LogP contribution in [0.25, 0.3) is 5.65 Å². The summed E-state index contributed by atoms with van der Waals surface area (Å²) in [6.45, 7) is 5.13. The van der Waals surface area contributed by atoms with E-state index in [1.54, 1.807) is 47.4 Å². The van der Waals surface area contributed by atoms with Gasteiger partial charge in [0.15, 0.2) is 5.65 Å². The molecule has 4 aromatic rings. The maximum atomic E-state index is 13.9. The van der Waals surface area contributed by atoms with E-state index >= 15 is 0 Å². The normalized spacial score (nSPS) is 14.7. The van der Waals surface area contributed by atoms with E-state index < -0.39 is 17.6 Å². The topological polar surface area (TPSA) is 65.8 Å². The van der Waals surface area contributed by atoms with Crippen molar-refractivity contribution in [2.75, 3.05) is 38.5 Å². The van der Waals surface area contributed by atoms with Gasteiger partial charge >= 0.3 is 6.18 Å². The first-order valence-electron chi connectivity index (χ1n) is 12.5. The Labute approximate surface area is 224 Å². The van der Waals surface area contributed by atoms with Crippen molar-refractivity contribution in [3.05, 3.63) is 94.7 Å². The number of nitrogens with one attached hydrogen (secondary N) is 1. The molecule has 0 unspecified atom stereocenters. The number of aromatic nitrogens is 3. The second-order valence-corrected chi connectivity index (χ2v) is 9.63. The molecule has 1 aliphatic heterocycles. The van der Waals surface area contributed by atoms with Crippen LogP contribution in [0.2, 0.25) is 0 Å². The van der Waals surface area contributed by atoms with Crippen molar-refractivity contribution in [3.63, 3.8) is 0 Å². The minimum absolute atomic E-state index is 0.0852. The minimum atomic E-state index is -4.54. The van der Waals surface area contributed by atoms with E-state index in [1.165, 1.54) is 12.1 Å². The lowest BCUT2D eigenvalue weighted by atomic mass is 10.0. The fraction of sp³-hybridized carbons (Fsp3) is 0.276. The van der Waals surface area contributed by atoms with Crippen LogP contribution in [-0.2, 0) is 12.7 Å². The molecule has 2 aromatic heterocycles. The Kier molecular flexibility index (Phi) is 7.37. The number of rotatable bonds is 4. The van der Waals surface area contributed by atoms with Gasteiger partial charge in [0.25, 0.3) is 5.91 Å². The first-order chi connectivity index (χ1) is 18.7. The average Bonchev–Trinajstić information content (AvgIpc) is 3.33. The van der Waals surface area contributed by atoms with Gasteiger partial charge < -0.3 is 10.2 Å². The first kappa shape index (κ1) is 26.4. The molecule has 1 amide bonds. The molecule has 0 bridgehead atoms. The molecule has 39 heavy (non-hydrogen) atoms. The van der Waals surface area contributed by atoms with Gasteiger partial charge in [-0.2, -0.15) is 13.2 Å². The highest BCUT2D eigenvalue weighted by molar-refractivity contribution is 6.04. The third-order valence-corrected chi connectivity index (χ3v) is 6.81. The zero-order valence-electron chi connectivity index (χ0n) is 21.6. The molecular weight excluding hydrogens is 505 g/mol. The van der Waals surface area contributed by atoms with Crippen LogP contribution >= 0.6 is 0 Å². The van der Waals surface area contributed by atoms with Crippen molar-refractivity contribution < 1.29 is 18.0 Å². The summed E-state index contributed by atoms with van der Waals surface area (Å²) in [6.07, 6.45) is 2.13. The van der Waals surface area contributed by atoms with E-state index in [2.05, 4.69) is 32.0 Å². The SMILES string of the molecule is Cc1ccc(C(=O)Nc2ccc(CN3CCN(C)CC3)c(C(F)(F)F)c2)cc1C#Cc1cnc2cnccn12. The fourth-order valence-electron chi connectivity index (χ4n) is 4.47. The number of anilines is 1. The Hall–Kier alpha value is -4.20. The van der Waals surface area contributed by atoms with E-state index in [0.29, 0.717) is 35.6 Å². The summed E-state index contributed by atoms with van der Waals surface area (Å²) in [4.78, 5) is 25.5. The van der Waals surface area contributed by atoms with E-state index in [1.807, 2.05) is 18.9 Å². The van der Waals surface area contributed by atoms with Gasteiger partial charge in [-0.3, -0.25) is 19.1 Å². The van der Waals surface area contributed by atoms with Gasteiger partial charge in [0, 0.05) is 61.9 Å². The van der Waals surface area contributed by atoms with Crippen LogP contribution in [0.1, 0.15) is 38.3 Å². The Bertz CT molecular complexity index is 1580. The Morgan fingerprint density at radius 2 is 1.85 bits per heavy atom. The molecule has 0 aliphatic carbocycles. The number of likely N-dealkylation sites (N-methyl/N-ethyl adjacent to an activating group) is 1. The number of piperazine rings is 1. The number of halogens is 3. The summed E-state index contributed by atoms with van der Waals surface area (Å²) < 4.78 is 43.6. The summed E-state index contributed by atoms with van der Waals surface area (Å²) in [5.41, 5.74) is 2.66. The van der Waals surface area contributed by atoms with Gasteiger partial charge in [-0.25, -0.2) is 4.98 Å². The van der Waals surface area contributed by atoms with Crippen LogP contribution in [0, 0.1) is 18.8 Å². The zero-order valence-corrected chi connectivity index (χ0v) is 21.6. The molecule has 10 heteroatoms. The Balaban J connectivity index is 1.35. The van der Waals surface area contributed by atoms with Gasteiger partial charge in [0.05, 0.1) is 18.0 Å². The van der Waals surface area contributed by atoms with Crippen LogP contribution < -0.4 is 5.32 Å². The lowest BCUT2D eigenvalue weighted by molar-refractivity contribution is -0.138. The Morgan fingerprint density at radius 3 is 2.62 bits per heavy atom. The van der Waals surface area contributed by atoms with Gasteiger partial charge in [0.2, 0.25) is 0 Å². The molecule has 1 saturated heterocycles.